The Morgan fingerprint density at radius 1 is 1.22 bits per heavy atom. The maximum absolute atomic E-state index is 12.5. The second-order valence-electron chi connectivity index (χ2n) is 6.45. The van der Waals surface area contributed by atoms with E-state index >= 15 is 0 Å². The fourth-order valence-corrected chi connectivity index (χ4v) is 3.35. The van der Waals surface area contributed by atoms with Crippen molar-refractivity contribution in [3.63, 3.8) is 0 Å². The molecule has 1 aliphatic carbocycles. The fourth-order valence-electron chi connectivity index (χ4n) is 3.35. The molecule has 0 spiro atoms. The quantitative estimate of drug-likeness (QED) is 0.929. The van der Waals surface area contributed by atoms with Gasteiger partial charge in [-0.25, -0.2) is 0 Å². The average molecular weight is 316 g/mol. The number of carbonyl (C=O) groups is 2. The van der Waals surface area contributed by atoms with Gasteiger partial charge in [0.05, 0.1) is 12.2 Å². The molecular formula is C18H24N2O3. The summed E-state index contributed by atoms with van der Waals surface area (Å²) in [5.41, 5.74) is 0.798. The van der Waals surface area contributed by atoms with Crippen LogP contribution in [0.3, 0.4) is 0 Å². The van der Waals surface area contributed by atoms with Gasteiger partial charge < -0.3 is 15.0 Å². The maximum atomic E-state index is 12.5. The van der Waals surface area contributed by atoms with Crippen LogP contribution in [0, 0.1) is 0 Å². The van der Waals surface area contributed by atoms with Crippen LogP contribution in [0.5, 0.6) is 5.75 Å². The Labute approximate surface area is 137 Å². The highest BCUT2D eigenvalue weighted by Gasteiger charge is 2.27. The summed E-state index contributed by atoms with van der Waals surface area (Å²) in [4.78, 5) is 26.3. The van der Waals surface area contributed by atoms with Crippen LogP contribution in [-0.2, 0) is 9.59 Å². The molecule has 124 valence electrons. The highest BCUT2D eigenvalue weighted by Crippen LogP contribution is 2.33. The molecule has 2 aliphatic rings. The first-order valence-corrected chi connectivity index (χ1v) is 8.49. The minimum Gasteiger partial charge on any atom is -0.487 e. The third-order valence-electron chi connectivity index (χ3n) is 4.51. The molecule has 1 heterocycles. The zero-order chi connectivity index (χ0) is 16.2. The van der Waals surface area contributed by atoms with Crippen LogP contribution >= 0.6 is 0 Å². The maximum Gasteiger partial charge on any atom is 0.227 e. The van der Waals surface area contributed by atoms with Crippen LogP contribution in [0.4, 0.5) is 5.69 Å². The molecule has 2 amide bonds. The second kappa shape index (κ2) is 7.02. The van der Waals surface area contributed by atoms with Crippen molar-refractivity contribution in [3.05, 3.63) is 24.3 Å². The topological polar surface area (TPSA) is 58.6 Å². The molecule has 1 N–H and O–H groups in total. The molecule has 0 saturated heterocycles. The van der Waals surface area contributed by atoms with E-state index < -0.39 is 0 Å². The molecule has 1 atom stereocenters. The van der Waals surface area contributed by atoms with Crippen molar-refractivity contribution >= 4 is 17.5 Å². The van der Waals surface area contributed by atoms with Gasteiger partial charge in [-0.1, -0.05) is 25.0 Å². The van der Waals surface area contributed by atoms with Crippen LogP contribution in [-0.4, -0.2) is 30.5 Å². The first-order chi connectivity index (χ1) is 11.1. The standard InChI is InChI=1S/C18H24N2O3/c1-13-12-20(15-8-4-5-9-16(15)23-13)18(22)11-10-17(21)19-14-6-2-3-7-14/h4-5,8-9,13-14H,2-3,6-7,10-12H2,1H3,(H,19,21). The summed E-state index contributed by atoms with van der Waals surface area (Å²) in [6.07, 6.45) is 4.95. The van der Waals surface area contributed by atoms with E-state index in [0.29, 0.717) is 12.6 Å². The van der Waals surface area contributed by atoms with Gasteiger partial charge in [-0.2, -0.15) is 0 Å². The first kappa shape index (κ1) is 15.8. The molecule has 5 nitrogen and oxygen atoms in total. The van der Waals surface area contributed by atoms with Gasteiger partial charge in [0.1, 0.15) is 11.9 Å². The zero-order valence-electron chi connectivity index (χ0n) is 13.6. The lowest BCUT2D eigenvalue weighted by atomic mass is 10.1. The van der Waals surface area contributed by atoms with E-state index in [1.165, 1.54) is 12.8 Å². The number of carbonyl (C=O) groups excluding carboxylic acids is 2. The monoisotopic (exact) mass is 316 g/mol. The SMILES string of the molecule is CC1CN(C(=O)CCC(=O)NC2CCCC2)c2ccccc2O1. The van der Waals surface area contributed by atoms with Crippen molar-refractivity contribution in [2.24, 2.45) is 0 Å². The number of amides is 2. The van der Waals surface area contributed by atoms with Gasteiger partial charge in [0.25, 0.3) is 0 Å². The summed E-state index contributed by atoms with van der Waals surface area (Å²) < 4.78 is 5.75. The number of benzene rings is 1. The molecule has 1 saturated carbocycles. The predicted molar refractivity (Wildman–Crippen MR) is 88.5 cm³/mol. The van der Waals surface area contributed by atoms with E-state index in [1.54, 1.807) is 4.90 Å². The second-order valence-corrected chi connectivity index (χ2v) is 6.45. The molecule has 0 aromatic heterocycles. The summed E-state index contributed by atoms with van der Waals surface area (Å²) in [6.45, 7) is 2.48. The molecule has 1 aromatic rings. The summed E-state index contributed by atoms with van der Waals surface area (Å²) in [6, 6.07) is 7.86. The van der Waals surface area contributed by atoms with Gasteiger partial charge in [-0.3, -0.25) is 9.59 Å². The number of anilines is 1. The van der Waals surface area contributed by atoms with Crippen molar-refractivity contribution in [2.45, 2.75) is 57.6 Å². The number of fused-ring (bicyclic) bond motifs is 1. The van der Waals surface area contributed by atoms with Crippen molar-refractivity contribution < 1.29 is 14.3 Å². The van der Waals surface area contributed by atoms with Gasteiger partial charge in [0, 0.05) is 18.9 Å². The van der Waals surface area contributed by atoms with Crippen molar-refractivity contribution in [2.75, 3.05) is 11.4 Å². The molecule has 3 rings (SSSR count). The van der Waals surface area contributed by atoms with Crippen LogP contribution in [0.15, 0.2) is 24.3 Å². The lowest BCUT2D eigenvalue weighted by Gasteiger charge is -2.33. The molecule has 0 radical (unpaired) electrons. The van der Waals surface area contributed by atoms with Crippen LogP contribution < -0.4 is 15.0 Å². The predicted octanol–water partition coefficient (Wildman–Crippen LogP) is 2.64. The third-order valence-corrected chi connectivity index (χ3v) is 4.51. The summed E-state index contributed by atoms with van der Waals surface area (Å²) in [5.74, 6) is 0.698. The highest BCUT2D eigenvalue weighted by molar-refractivity contribution is 5.97. The molecule has 1 aliphatic heterocycles. The fraction of sp³-hybridized carbons (Fsp3) is 0.556. The van der Waals surface area contributed by atoms with Crippen LogP contribution in [0.1, 0.15) is 45.4 Å². The zero-order valence-corrected chi connectivity index (χ0v) is 13.6. The molecule has 1 unspecified atom stereocenters. The van der Waals surface area contributed by atoms with E-state index in [2.05, 4.69) is 5.32 Å². The Bertz CT molecular complexity index is 581. The number of nitrogens with one attached hydrogen (secondary N) is 1. The first-order valence-electron chi connectivity index (χ1n) is 8.49. The molecule has 1 fully saturated rings. The Balaban J connectivity index is 1.56. The van der Waals surface area contributed by atoms with Gasteiger partial charge >= 0.3 is 0 Å². The number of hydrogen-bond donors (Lipinski definition) is 1. The van der Waals surface area contributed by atoms with Crippen molar-refractivity contribution in [3.8, 4) is 5.75 Å². The minimum absolute atomic E-state index is 0.0140. The van der Waals surface area contributed by atoms with Gasteiger partial charge in [-0.05, 0) is 31.9 Å². The highest BCUT2D eigenvalue weighted by atomic mass is 16.5. The summed E-state index contributed by atoms with van der Waals surface area (Å²) in [7, 11) is 0. The lowest BCUT2D eigenvalue weighted by molar-refractivity contribution is -0.125. The Morgan fingerprint density at radius 2 is 1.96 bits per heavy atom. The lowest BCUT2D eigenvalue weighted by Crippen LogP contribution is -2.42. The van der Waals surface area contributed by atoms with E-state index in [0.717, 1.165) is 24.3 Å². The number of hydrogen-bond acceptors (Lipinski definition) is 3. The molecule has 5 heteroatoms. The van der Waals surface area contributed by atoms with Crippen LogP contribution in [0.2, 0.25) is 0 Å². The largest absolute Gasteiger partial charge is 0.487 e. The smallest absolute Gasteiger partial charge is 0.227 e. The van der Waals surface area contributed by atoms with Gasteiger partial charge in [0.15, 0.2) is 0 Å². The normalized spacial score (nSPS) is 20.7. The Morgan fingerprint density at radius 3 is 2.74 bits per heavy atom. The van der Waals surface area contributed by atoms with E-state index in [1.807, 2.05) is 31.2 Å². The van der Waals surface area contributed by atoms with Gasteiger partial charge in [0.2, 0.25) is 11.8 Å². The molecule has 0 bridgehead atoms. The Hall–Kier alpha value is -2.04. The van der Waals surface area contributed by atoms with Crippen LogP contribution in [0.25, 0.3) is 0 Å². The summed E-state index contributed by atoms with van der Waals surface area (Å²) in [5, 5.41) is 3.03. The number of nitrogens with zero attached hydrogens (tertiary/aromatic N) is 1. The number of ether oxygens (including phenoxy) is 1. The van der Waals surface area contributed by atoms with E-state index in [9.17, 15) is 9.59 Å². The minimum atomic E-state index is -0.0406. The van der Waals surface area contributed by atoms with E-state index in [4.69, 9.17) is 4.74 Å². The molecular weight excluding hydrogens is 292 g/mol. The molecule has 23 heavy (non-hydrogen) atoms. The van der Waals surface area contributed by atoms with E-state index in [-0.39, 0.29) is 30.8 Å². The summed E-state index contributed by atoms with van der Waals surface area (Å²) >= 11 is 0. The van der Waals surface area contributed by atoms with Gasteiger partial charge in [-0.15, -0.1) is 0 Å². The third kappa shape index (κ3) is 3.84. The number of rotatable bonds is 4. The van der Waals surface area contributed by atoms with Crippen molar-refractivity contribution in [1.82, 2.24) is 5.32 Å². The van der Waals surface area contributed by atoms with Crippen molar-refractivity contribution in [1.29, 1.82) is 0 Å². The average Bonchev–Trinajstić information content (AvgIpc) is 3.04. The molecule has 1 aromatic carbocycles. The number of para-hydroxylation sites is 2. The Kier molecular flexibility index (Phi) is 4.84.